The van der Waals surface area contributed by atoms with Crippen LogP contribution >= 0.6 is 35.0 Å². The molecule has 0 radical (unpaired) electrons. The van der Waals surface area contributed by atoms with E-state index in [1.165, 1.54) is 12.3 Å². The van der Waals surface area contributed by atoms with E-state index in [-0.39, 0.29) is 11.7 Å². The summed E-state index contributed by atoms with van der Waals surface area (Å²) in [6.45, 7) is 0. The minimum Gasteiger partial charge on any atom is -0.324 e. The normalized spacial score (nSPS) is 10.3. The van der Waals surface area contributed by atoms with Gasteiger partial charge in [0, 0.05) is 5.02 Å². The Morgan fingerprint density at radius 1 is 1.40 bits per heavy atom. The molecular formula is C11H8Cl2N4O2S. The summed E-state index contributed by atoms with van der Waals surface area (Å²) in [4.78, 5) is 26.3. The molecule has 9 heteroatoms. The third-order valence-corrected chi connectivity index (χ3v) is 3.55. The monoisotopic (exact) mass is 330 g/mol. The maximum Gasteiger partial charge on any atom is 0.362 e. The smallest absolute Gasteiger partial charge is 0.324 e. The van der Waals surface area contributed by atoms with Crippen LogP contribution in [0.3, 0.4) is 0 Å². The van der Waals surface area contributed by atoms with Crippen molar-refractivity contribution in [1.29, 1.82) is 0 Å². The molecule has 104 valence electrons. The number of amides is 1. The van der Waals surface area contributed by atoms with Crippen LogP contribution in [0.25, 0.3) is 0 Å². The topological polar surface area (TPSA) is 87.7 Å². The van der Waals surface area contributed by atoms with E-state index < -0.39 is 5.69 Å². The summed E-state index contributed by atoms with van der Waals surface area (Å²) in [5.74, 6) is -0.196. The molecule has 6 nitrogen and oxygen atoms in total. The van der Waals surface area contributed by atoms with Gasteiger partial charge in [-0.25, -0.2) is 9.89 Å². The van der Waals surface area contributed by atoms with Crippen molar-refractivity contribution in [1.82, 2.24) is 15.2 Å². The number of nitrogens with one attached hydrogen (secondary N) is 2. The summed E-state index contributed by atoms with van der Waals surface area (Å²) >= 11 is 12.8. The first-order chi connectivity index (χ1) is 9.54. The maximum absolute atomic E-state index is 11.8. The summed E-state index contributed by atoms with van der Waals surface area (Å²) < 4.78 is 0. The van der Waals surface area contributed by atoms with E-state index >= 15 is 0 Å². The lowest BCUT2D eigenvalue weighted by atomic mass is 10.3. The fourth-order valence-corrected chi connectivity index (χ4v) is 2.36. The van der Waals surface area contributed by atoms with Crippen LogP contribution in [0.5, 0.6) is 0 Å². The fraction of sp³-hybridized carbons (Fsp3) is 0.0909. The second kappa shape index (κ2) is 6.74. The lowest BCUT2D eigenvalue weighted by molar-refractivity contribution is -0.113. The second-order valence-electron chi connectivity index (χ2n) is 3.59. The van der Waals surface area contributed by atoms with Gasteiger partial charge in [-0.2, -0.15) is 10.1 Å². The van der Waals surface area contributed by atoms with Crippen LogP contribution in [0.2, 0.25) is 10.0 Å². The van der Waals surface area contributed by atoms with Crippen LogP contribution in [0.15, 0.2) is 34.2 Å². The first kappa shape index (κ1) is 14.8. The number of rotatable bonds is 4. The number of H-pyrrole nitrogens is 1. The molecule has 0 aliphatic rings. The van der Waals surface area contributed by atoms with Crippen molar-refractivity contribution in [3.63, 3.8) is 0 Å². The van der Waals surface area contributed by atoms with Crippen molar-refractivity contribution in [2.45, 2.75) is 5.03 Å². The second-order valence-corrected chi connectivity index (χ2v) is 5.43. The Morgan fingerprint density at radius 2 is 2.20 bits per heavy atom. The first-order valence-electron chi connectivity index (χ1n) is 5.34. The number of nitrogens with zero attached hydrogens (tertiary/aromatic N) is 2. The fourth-order valence-electron chi connectivity index (χ4n) is 1.28. The number of halogens is 2. The average molecular weight is 331 g/mol. The molecule has 0 saturated heterocycles. The van der Waals surface area contributed by atoms with Gasteiger partial charge in [-0.3, -0.25) is 4.79 Å². The molecule has 0 atom stereocenters. The van der Waals surface area contributed by atoms with Gasteiger partial charge in [0.15, 0.2) is 0 Å². The minimum atomic E-state index is -0.559. The Labute approximate surface area is 127 Å². The molecule has 1 amide bonds. The Balaban J connectivity index is 1.94. The number of carbonyl (C=O) groups is 1. The predicted octanol–water partition coefficient (Wildman–Crippen LogP) is 2.20. The molecule has 2 N–H and O–H groups in total. The summed E-state index contributed by atoms with van der Waals surface area (Å²) in [6.07, 6.45) is 1.37. The van der Waals surface area contributed by atoms with Gasteiger partial charge in [-0.05, 0) is 18.2 Å². The van der Waals surface area contributed by atoms with Crippen LogP contribution in [-0.2, 0) is 4.79 Å². The van der Waals surface area contributed by atoms with Gasteiger partial charge in [-0.1, -0.05) is 35.0 Å². The zero-order chi connectivity index (χ0) is 14.5. The highest BCUT2D eigenvalue weighted by atomic mass is 35.5. The Hall–Kier alpha value is -1.57. The van der Waals surface area contributed by atoms with Crippen molar-refractivity contribution >= 4 is 46.6 Å². The van der Waals surface area contributed by atoms with Crippen molar-refractivity contribution in [3.8, 4) is 0 Å². The third kappa shape index (κ3) is 4.22. The quantitative estimate of drug-likeness (QED) is 0.839. The number of hydrogen-bond acceptors (Lipinski definition) is 5. The Kier molecular flexibility index (Phi) is 4.99. The Morgan fingerprint density at radius 3 is 2.90 bits per heavy atom. The molecule has 1 aromatic heterocycles. The molecular weight excluding hydrogens is 323 g/mol. The average Bonchev–Trinajstić information content (AvgIpc) is 2.40. The van der Waals surface area contributed by atoms with Gasteiger partial charge >= 0.3 is 5.69 Å². The molecule has 0 bridgehead atoms. The number of benzene rings is 1. The zero-order valence-corrected chi connectivity index (χ0v) is 12.2. The van der Waals surface area contributed by atoms with E-state index in [9.17, 15) is 9.59 Å². The van der Waals surface area contributed by atoms with Gasteiger partial charge in [0.05, 0.1) is 22.7 Å². The summed E-state index contributed by atoms with van der Waals surface area (Å²) in [5.41, 5.74) is -0.0881. The molecule has 0 aliphatic carbocycles. The third-order valence-electron chi connectivity index (χ3n) is 2.10. The van der Waals surface area contributed by atoms with E-state index in [4.69, 9.17) is 23.2 Å². The number of aromatic nitrogens is 3. The van der Waals surface area contributed by atoms with Gasteiger partial charge in [0.2, 0.25) is 5.91 Å². The predicted molar refractivity (Wildman–Crippen MR) is 78.5 cm³/mol. The minimum absolute atomic E-state index is 0.0804. The van der Waals surface area contributed by atoms with Crippen molar-refractivity contribution in [3.05, 3.63) is 44.9 Å². The summed E-state index contributed by atoms with van der Waals surface area (Å²) in [6, 6.07) is 4.77. The van der Waals surface area contributed by atoms with E-state index in [0.717, 1.165) is 11.8 Å². The van der Waals surface area contributed by atoms with Crippen LogP contribution in [0, 0.1) is 0 Å². The molecule has 0 unspecified atom stereocenters. The number of anilines is 1. The van der Waals surface area contributed by atoms with Gasteiger partial charge in [0.25, 0.3) is 0 Å². The standard InChI is InChI=1S/C11H8Cl2N4O2S/c12-6-1-2-8(7(13)3-6)15-9(18)5-20-10-4-14-17-11(19)16-10/h1-4H,5H2,(H,15,18)(H,16,17,19). The highest BCUT2D eigenvalue weighted by molar-refractivity contribution is 7.99. The van der Waals surface area contributed by atoms with Crippen LogP contribution in [0.4, 0.5) is 5.69 Å². The van der Waals surface area contributed by atoms with E-state index in [2.05, 4.69) is 20.5 Å². The van der Waals surface area contributed by atoms with Crippen molar-refractivity contribution < 1.29 is 4.79 Å². The molecule has 1 aromatic carbocycles. The lowest BCUT2D eigenvalue weighted by Gasteiger charge is -2.06. The number of hydrogen-bond donors (Lipinski definition) is 2. The van der Waals surface area contributed by atoms with Crippen LogP contribution in [0.1, 0.15) is 0 Å². The summed E-state index contributed by atoms with van der Waals surface area (Å²) in [5, 5.41) is 9.58. The SMILES string of the molecule is O=C(CSc1cn[nH]c(=O)n1)Nc1ccc(Cl)cc1Cl. The first-order valence-corrected chi connectivity index (χ1v) is 7.08. The summed E-state index contributed by atoms with van der Waals surface area (Å²) in [7, 11) is 0. The van der Waals surface area contributed by atoms with E-state index in [1.807, 2.05) is 0 Å². The zero-order valence-electron chi connectivity index (χ0n) is 9.89. The van der Waals surface area contributed by atoms with Gasteiger partial charge in [0.1, 0.15) is 5.03 Å². The lowest BCUT2D eigenvalue weighted by Crippen LogP contribution is -2.16. The molecule has 0 saturated carbocycles. The molecule has 0 spiro atoms. The molecule has 0 fully saturated rings. The molecule has 20 heavy (non-hydrogen) atoms. The molecule has 2 rings (SSSR count). The molecule has 2 aromatic rings. The number of thioether (sulfide) groups is 1. The van der Waals surface area contributed by atoms with Crippen LogP contribution in [-0.4, -0.2) is 26.8 Å². The maximum atomic E-state index is 11.8. The molecule has 1 heterocycles. The Bertz CT molecular complexity index is 692. The van der Waals surface area contributed by atoms with Gasteiger partial charge < -0.3 is 5.32 Å². The van der Waals surface area contributed by atoms with Crippen LogP contribution < -0.4 is 11.0 Å². The van der Waals surface area contributed by atoms with E-state index in [1.54, 1.807) is 12.1 Å². The molecule has 0 aliphatic heterocycles. The van der Waals surface area contributed by atoms with E-state index in [0.29, 0.717) is 20.8 Å². The largest absolute Gasteiger partial charge is 0.362 e. The highest BCUT2D eigenvalue weighted by Crippen LogP contribution is 2.25. The van der Waals surface area contributed by atoms with Gasteiger partial charge in [-0.15, -0.1) is 0 Å². The number of aromatic amines is 1. The highest BCUT2D eigenvalue weighted by Gasteiger charge is 2.08. The van der Waals surface area contributed by atoms with Crippen molar-refractivity contribution in [2.75, 3.05) is 11.1 Å². The number of carbonyl (C=O) groups excluding carboxylic acids is 1. The van der Waals surface area contributed by atoms with Crippen molar-refractivity contribution in [2.24, 2.45) is 0 Å².